The minimum absolute atomic E-state index is 0.496. The molecule has 1 aliphatic rings. The Morgan fingerprint density at radius 1 is 0.312 bits per heavy atom. The van der Waals surface area contributed by atoms with E-state index in [1.807, 2.05) is 0 Å². The maximum absolute atomic E-state index is 2.52. The van der Waals surface area contributed by atoms with Crippen LogP contribution in [0.2, 0.25) is 0 Å². The average molecular weight is 816 g/mol. The molecule has 0 saturated heterocycles. The molecule has 0 N–H and O–H groups in total. The van der Waals surface area contributed by atoms with Crippen molar-refractivity contribution in [3.05, 3.63) is 271 Å². The minimum Gasteiger partial charge on any atom is -0.310 e. The molecule has 64 heavy (non-hydrogen) atoms. The number of fused-ring (bicyclic) bond motifs is 9. The van der Waals surface area contributed by atoms with Crippen LogP contribution in [-0.2, 0) is 5.41 Å². The molecular formula is C61H41N3. The molecule has 0 aliphatic heterocycles. The van der Waals surface area contributed by atoms with Gasteiger partial charge in [0, 0.05) is 49.9 Å². The van der Waals surface area contributed by atoms with Crippen LogP contribution in [-0.4, -0.2) is 9.13 Å². The van der Waals surface area contributed by atoms with E-state index >= 15 is 0 Å². The average Bonchev–Trinajstić information content (AvgIpc) is 3.99. The molecule has 12 aromatic rings. The Balaban J connectivity index is 1.03. The molecular weight excluding hydrogens is 775 g/mol. The van der Waals surface area contributed by atoms with Gasteiger partial charge in [-0.15, -0.1) is 0 Å². The zero-order chi connectivity index (χ0) is 42.2. The van der Waals surface area contributed by atoms with Crippen molar-refractivity contribution in [1.29, 1.82) is 0 Å². The molecule has 10 aromatic carbocycles. The Morgan fingerprint density at radius 3 is 1.41 bits per heavy atom. The Bertz CT molecular complexity index is 3620. The van der Waals surface area contributed by atoms with Gasteiger partial charge in [0.1, 0.15) is 0 Å². The number of rotatable bonds is 7. The lowest BCUT2D eigenvalue weighted by molar-refractivity contribution is 0.768. The van der Waals surface area contributed by atoms with Crippen LogP contribution in [0.4, 0.5) is 17.1 Å². The van der Waals surface area contributed by atoms with Crippen LogP contribution in [0.15, 0.2) is 249 Å². The van der Waals surface area contributed by atoms with Crippen molar-refractivity contribution in [2.45, 2.75) is 5.41 Å². The van der Waals surface area contributed by atoms with E-state index in [1.165, 1.54) is 77.2 Å². The van der Waals surface area contributed by atoms with E-state index in [9.17, 15) is 0 Å². The largest absolute Gasteiger partial charge is 0.310 e. The third kappa shape index (κ3) is 5.22. The standard InChI is InChI=1S/C61H41N3/c1-4-19-42(20-5-1)61(43-21-6-2-7-22-43)53-29-14-10-28-52(53)60-54(61)30-18-34-58(60)64-57-33-17-13-27-50(57)51-40-39-47(41-59(51)64)62(44-23-8-3-9-24-44)45-35-37-46(38-36-45)63-55-31-15-11-25-48(55)49-26-12-16-32-56(49)63/h1-41H. The van der Waals surface area contributed by atoms with Gasteiger partial charge in [0.2, 0.25) is 0 Å². The topological polar surface area (TPSA) is 13.1 Å². The van der Waals surface area contributed by atoms with Gasteiger partial charge in [0.05, 0.1) is 33.2 Å². The fourth-order valence-electron chi connectivity index (χ4n) is 11.0. The lowest BCUT2D eigenvalue weighted by Gasteiger charge is -2.34. The van der Waals surface area contributed by atoms with Crippen LogP contribution in [0.25, 0.3) is 66.1 Å². The van der Waals surface area contributed by atoms with Crippen molar-refractivity contribution >= 4 is 60.7 Å². The second-order valence-corrected chi connectivity index (χ2v) is 16.8. The summed E-state index contributed by atoms with van der Waals surface area (Å²) in [5.41, 5.74) is 17.5. The third-order valence-corrected chi connectivity index (χ3v) is 13.6. The van der Waals surface area contributed by atoms with Crippen molar-refractivity contribution in [1.82, 2.24) is 9.13 Å². The summed E-state index contributed by atoms with van der Waals surface area (Å²) in [6.45, 7) is 0. The number of benzene rings is 10. The Labute approximate surface area is 372 Å². The molecule has 3 nitrogen and oxygen atoms in total. The molecule has 0 fully saturated rings. The zero-order valence-electron chi connectivity index (χ0n) is 35.0. The summed E-state index contributed by atoms with van der Waals surface area (Å²) >= 11 is 0. The Morgan fingerprint density at radius 2 is 0.781 bits per heavy atom. The van der Waals surface area contributed by atoms with Gasteiger partial charge in [0.25, 0.3) is 0 Å². The van der Waals surface area contributed by atoms with Crippen molar-refractivity contribution in [2.75, 3.05) is 4.90 Å². The van der Waals surface area contributed by atoms with Crippen molar-refractivity contribution < 1.29 is 0 Å². The quantitative estimate of drug-likeness (QED) is 0.156. The van der Waals surface area contributed by atoms with Gasteiger partial charge in [-0.3, -0.25) is 0 Å². The fraction of sp³-hybridized carbons (Fsp3) is 0.0164. The van der Waals surface area contributed by atoms with Crippen LogP contribution in [0.3, 0.4) is 0 Å². The first-order valence-electron chi connectivity index (χ1n) is 22.1. The zero-order valence-corrected chi connectivity index (χ0v) is 35.0. The van der Waals surface area contributed by atoms with E-state index in [0.717, 1.165) is 28.3 Å². The molecule has 0 unspecified atom stereocenters. The first-order valence-corrected chi connectivity index (χ1v) is 22.1. The molecule has 300 valence electrons. The maximum Gasteiger partial charge on any atom is 0.0714 e. The Kier molecular flexibility index (Phi) is 8.13. The summed E-state index contributed by atoms with van der Waals surface area (Å²) in [6.07, 6.45) is 0. The number of hydrogen-bond acceptors (Lipinski definition) is 1. The molecule has 13 rings (SSSR count). The summed E-state index contributed by atoms with van der Waals surface area (Å²) in [5, 5.41) is 4.97. The first-order chi connectivity index (χ1) is 31.8. The number of nitrogens with zero attached hydrogens (tertiary/aromatic N) is 3. The normalized spacial score (nSPS) is 12.8. The molecule has 1 aliphatic carbocycles. The van der Waals surface area contributed by atoms with E-state index < -0.39 is 5.41 Å². The van der Waals surface area contributed by atoms with Crippen molar-refractivity contribution in [2.24, 2.45) is 0 Å². The van der Waals surface area contributed by atoms with Gasteiger partial charge in [-0.2, -0.15) is 0 Å². The predicted molar refractivity (Wildman–Crippen MR) is 267 cm³/mol. The second-order valence-electron chi connectivity index (χ2n) is 16.8. The first kappa shape index (κ1) is 36.3. The second kappa shape index (κ2) is 14.3. The van der Waals surface area contributed by atoms with Gasteiger partial charge < -0.3 is 14.0 Å². The SMILES string of the molecule is c1ccc(N(c2ccc(-n3c4ccccc4c4ccccc43)cc2)c2ccc3c4ccccc4n(-c4cccc5c4-c4ccccc4C5(c4ccccc4)c4ccccc4)c3c2)cc1. The van der Waals surface area contributed by atoms with E-state index in [0.29, 0.717) is 0 Å². The monoisotopic (exact) mass is 815 g/mol. The number of hydrogen-bond donors (Lipinski definition) is 0. The summed E-state index contributed by atoms with van der Waals surface area (Å²) in [4.78, 5) is 2.39. The maximum atomic E-state index is 2.52. The number of para-hydroxylation sites is 4. The molecule has 0 atom stereocenters. The molecule has 2 heterocycles. The lowest BCUT2D eigenvalue weighted by Crippen LogP contribution is -2.28. The summed E-state index contributed by atoms with van der Waals surface area (Å²) in [6, 6.07) is 91.2. The van der Waals surface area contributed by atoms with Crippen LogP contribution in [0, 0.1) is 0 Å². The van der Waals surface area contributed by atoms with E-state index in [1.54, 1.807) is 0 Å². The Hall–Kier alpha value is -8.40. The molecule has 0 bridgehead atoms. The van der Waals surface area contributed by atoms with Crippen LogP contribution >= 0.6 is 0 Å². The minimum atomic E-state index is -0.496. The fourth-order valence-corrected chi connectivity index (χ4v) is 11.0. The number of anilines is 3. The van der Waals surface area contributed by atoms with Gasteiger partial charge in [-0.05, 0) is 101 Å². The highest BCUT2D eigenvalue weighted by atomic mass is 15.1. The van der Waals surface area contributed by atoms with Crippen molar-refractivity contribution in [3.8, 4) is 22.5 Å². The van der Waals surface area contributed by atoms with E-state index in [4.69, 9.17) is 0 Å². The molecule has 0 amide bonds. The van der Waals surface area contributed by atoms with Gasteiger partial charge in [-0.25, -0.2) is 0 Å². The highest BCUT2D eigenvalue weighted by Crippen LogP contribution is 2.58. The van der Waals surface area contributed by atoms with E-state index in [-0.39, 0.29) is 0 Å². The number of aromatic nitrogens is 2. The van der Waals surface area contributed by atoms with Crippen LogP contribution < -0.4 is 4.90 Å². The highest BCUT2D eigenvalue weighted by molar-refractivity contribution is 6.12. The van der Waals surface area contributed by atoms with Crippen molar-refractivity contribution in [3.63, 3.8) is 0 Å². The molecule has 3 heteroatoms. The molecule has 0 spiro atoms. The van der Waals surface area contributed by atoms with E-state index in [2.05, 4.69) is 263 Å². The summed E-state index contributed by atoms with van der Waals surface area (Å²) in [5.74, 6) is 0. The van der Waals surface area contributed by atoms with Gasteiger partial charge >= 0.3 is 0 Å². The summed E-state index contributed by atoms with van der Waals surface area (Å²) in [7, 11) is 0. The highest BCUT2D eigenvalue weighted by Gasteiger charge is 2.47. The molecule has 0 radical (unpaired) electrons. The van der Waals surface area contributed by atoms with Crippen LogP contribution in [0.1, 0.15) is 22.3 Å². The molecule has 2 aromatic heterocycles. The summed E-state index contributed by atoms with van der Waals surface area (Å²) < 4.78 is 4.90. The smallest absolute Gasteiger partial charge is 0.0714 e. The predicted octanol–water partition coefficient (Wildman–Crippen LogP) is 15.7. The van der Waals surface area contributed by atoms with Crippen LogP contribution in [0.5, 0.6) is 0 Å². The third-order valence-electron chi connectivity index (χ3n) is 13.6. The molecule has 0 saturated carbocycles. The lowest BCUT2D eigenvalue weighted by atomic mass is 9.68. The van der Waals surface area contributed by atoms with Gasteiger partial charge in [0.15, 0.2) is 0 Å². The van der Waals surface area contributed by atoms with Gasteiger partial charge in [-0.1, -0.05) is 176 Å².